The molecule has 0 spiro atoms. The molecule has 1 fully saturated rings. The van der Waals surface area contributed by atoms with Crippen LogP contribution in [-0.4, -0.2) is 32.4 Å². The minimum Gasteiger partial charge on any atom is -0.481 e. The van der Waals surface area contributed by atoms with Crippen LogP contribution in [0, 0.1) is 5.92 Å². The number of carbonyl (C=O) groups excluding carboxylic acids is 1. The highest BCUT2D eigenvalue weighted by molar-refractivity contribution is 7.15. The lowest BCUT2D eigenvalue weighted by Crippen LogP contribution is -2.43. The number of aliphatic carboxylic acids is 1. The molecule has 1 aliphatic carbocycles. The van der Waals surface area contributed by atoms with Gasteiger partial charge >= 0.3 is 5.97 Å². The minimum absolute atomic E-state index is 0.119. The van der Waals surface area contributed by atoms with Crippen molar-refractivity contribution in [3.63, 3.8) is 0 Å². The third kappa shape index (κ3) is 3.14. The summed E-state index contributed by atoms with van der Waals surface area (Å²) < 4.78 is 1.89. The number of carboxylic acids is 1. The number of rotatable bonds is 4. The van der Waals surface area contributed by atoms with E-state index in [0.29, 0.717) is 6.42 Å². The molecule has 0 radical (unpaired) electrons. The van der Waals surface area contributed by atoms with Gasteiger partial charge in [0.05, 0.1) is 12.3 Å². The maximum Gasteiger partial charge on any atom is 0.308 e. The number of nitrogens with one attached hydrogen (secondary N) is 1. The van der Waals surface area contributed by atoms with Crippen molar-refractivity contribution in [1.82, 2.24) is 14.7 Å². The Labute approximate surface area is 132 Å². The van der Waals surface area contributed by atoms with Crippen molar-refractivity contribution in [3.05, 3.63) is 23.5 Å². The summed E-state index contributed by atoms with van der Waals surface area (Å²) in [4.78, 5) is 28.7. The summed E-state index contributed by atoms with van der Waals surface area (Å²) in [7, 11) is 0. The lowest BCUT2D eigenvalue weighted by atomic mass is 9.94. The van der Waals surface area contributed by atoms with Gasteiger partial charge in [-0.05, 0) is 12.8 Å². The molecule has 6 nitrogen and oxygen atoms in total. The van der Waals surface area contributed by atoms with Crippen molar-refractivity contribution in [3.8, 4) is 0 Å². The second-order valence-corrected chi connectivity index (χ2v) is 6.58. The van der Waals surface area contributed by atoms with E-state index < -0.39 is 11.9 Å². The topological polar surface area (TPSA) is 83.7 Å². The van der Waals surface area contributed by atoms with Gasteiger partial charge in [-0.3, -0.25) is 14.0 Å². The van der Waals surface area contributed by atoms with E-state index in [0.717, 1.165) is 36.3 Å². The molecule has 1 saturated carbocycles. The smallest absolute Gasteiger partial charge is 0.308 e. The highest BCUT2D eigenvalue weighted by atomic mass is 32.1. The number of hydrogen-bond acceptors (Lipinski definition) is 4. The van der Waals surface area contributed by atoms with E-state index in [4.69, 9.17) is 0 Å². The van der Waals surface area contributed by atoms with Crippen molar-refractivity contribution in [2.24, 2.45) is 5.92 Å². The number of imidazole rings is 1. The van der Waals surface area contributed by atoms with Crippen LogP contribution in [0.2, 0.25) is 0 Å². The molecule has 2 aromatic heterocycles. The van der Waals surface area contributed by atoms with Gasteiger partial charge in [0, 0.05) is 29.5 Å². The van der Waals surface area contributed by atoms with E-state index in [1.165, 1.54) is 11.3 Å². The van der Waals surface area contributed by atoms with Gasteiger partial charge in [0.1, 0.15) is 0 Å². The van der Waals surface area contributed by atoms with E-state index >= 15 is 0 Å². The standard InChI is InChI=1S/C15H19N3O3S/c19-13(8-10-9-22-15-16-6-7-18(10)15)17-12-5-3-1-2-4-11(12)14(20)21/h6-7,9,11-12H,1-5,8H2,(H,17,19)(H,20,21)/t11-,12+/m1/s1. The van der Waals surface area contributed by atoms with Crippen molar-refractivity contribution >= 4 is 28.2 Å². The fourth-order valence-corrected chi connectivity index (χ4v) is 3.95. The normalized spacial score (nSPS) is 22.4. The number of carbonyl (C=O) groups is 2. The lowest BCUT2D eigenvalue weighted by molar-refractivity contribution is -0.143. The lowest BCUT2D eigenvalue weighted by Gasteiger charge is -2.22. The average molecular weight is 321 g/mol. The molecule has 118 valence electrons. The highest BCUT2D eigenvalue weighted by Crippen LogP contribution is 2.24. The molecule has 0 saturated heterocycles. The molecule has 3 rings (SSSR count). The number of amides is 1. The van der Waals surface area contributed by atoms with Gasteiger partial charge in [-0.2, -0.15) is 0 Å². The van der Waals surface area contributed by atoms with Crippen molar-refractivity contribution < 1.29 is 14.7 Å². The van der Waals surface area contributed by atoms with Crippen molar-refractivity contribution in [2.75, 3.05) is 0 Å². The number of hydrogen-bond donors (Lipinski definition) is 2. The second-order valence-electron chi connectivity index (χ2n) is 5.74. The molecular weight excluding hydrogens is 302 g/mol. The molecule has 7 heteroatoms. The molecule has 0 bridgehead atoms. The summed E-state index contributed by atoms with van der Waals surface area (Å²) in [6.45, 7) is 0. The maximum absolute atomic E-state index is 12.3. The zero-order chi connectivity index (χ0) is 15.5. The first-order valence-electron chi connectivity index (χ1n) is 7.57. The SMILES string of the molecule is O=C(Cc1csc2nccn12)N[C@H]1CCCCC[C@H]1C(=O)O. The molecule has 1 amide bonds. The molecule has 0 aliphatic heterocycles. The Bertz CT molecular complexity index is 678. The Balaban J connectivity index is 1.67. The first-order chi connectivity index (χ1) is 10.6. The first kappa shape index (κ1) is 15.0. The minimum atomic E-state index is -0.806. The molecule has 22 heavy (non-hydrogen) atoms. The van der Waals surface area contributed by atoms with Gasteiger partial charge in [0.2, 0.25) is 5.91 Å². The molecule has 2 aromatic rings. The molecular formula is C15H19N3O3S. The van der Waals surface area contributed by atoms with Gasteiger partial charge in [0.15, 0.2) is 4.96 Å². The number of aromatic nitrogens is 2. The predicted octanol–water partition coefficient (Wildman–Crippen LogP) is 2.09. The first-order valence-corrected chi connectivity index (χ1v) is 8.44. The van der Waals surface area contributed by atoms with Crippen LogP contribution in [0.4, 0.5) is 0 Å². The van der Waals surface area contributed by atoms with E-state index in [2.05, 4.69) is 10.3 Å². The van der Waals surface area contributed by atoms with Gasteiger partial charge in [-0.15, -0.1) is 11.3 Å². The Morgan fingerprint density at radius 2 is 2.18 bits per heavy atom. The largest absolute Gasteiger partial charge is 0.481 e. The van der Waals surface area contributed by atoms with Crippen LogP contribution in [0.1, 0.15) is 37.8 Å². The van der Waals surface area contributed by atoms with E-state index in [9.17, 15) is 14.7 Å². The fourth-order valence-electron chi connectivity index (χ4n) is 3.10. The Morgan fingerprint density at radius 1 is 1.36 bits per heavy atom. The third-order valence-corrected chi connectivity index (χ3v) is 5.14. The third-order valence-electron chi connectivity index (χ3n) is 4.24. The summed E-state index contributed by atoms with van der Waals surface area (Å²) in [6.07, 6.45) is 8.11. The maximum atomic E-state index is 12.3. The van der Waals surface area contributed by atoms with Crippen molar-refractivity contribution in [2.45, 2.75) is 44.6 Å². The summed E-state index contributed by atoms with van der Waals surface area (Å²) in [5, 5.41) is 14.2. The molecule has 0 aromatic carbocycles. The predicted molar refractivity (Wildman–Crippen MR) is 82.9 cm³/mol. The molecule has 2 atom stereocenters. The van der Waals surface area contributed by atoms with E-state index in [1.54, 1.807) is 6.20 Å². The molecule has 1 aliphatic rings. The van der Waals surface area contributed by atoms with Gasteiger partial charge < -0.3 is 10.4 Å². The van der Waals surface area contributed by atoms with Gasteiger partial charge in [-0.1, -0.05) is 19.3 Å². The number of thiazole rings is 1. The van der Waals surface area contributed by atoms with E-state index in [1.807, 2.05) is 16.0 Å². The van der Waals surface area contributed by atoms with Crippen LogP contribution in [0.15, 0.2) is 17.8 Å². The van der Waals surface area contributed by atoms with Crippen LogP contribution in [0.25, 0.3) is 4.96 Å². The van der Waals surface area contributed by atoms with Crippen LogP contribution >= 0.6 is 11.3 Å². The number of nitrogens with zero attached hydrogens (tertiary/aromatic N) is 2. The Hall–Kier alpha value is -1.89. The number of carboxylic acid groups (broad SMARTS) is 1. The zero-order valence-electron chi connectivity index (χ0n) is 12.2. The van der Waals surface area contributed by atoms with Crippen LogP contribution < -0.4 is 5.32 Å². The van der Waals surface area contributed by atoms with E-state index in [-0.39, 0.29) is 18.4 Å². The monoisotopic (exact) mass is 321 g/mol. The van der Waals surface area contributed by atoms with Crippen LogP contribution in [0.5, 0.6) is 0 Å². The Kier molecular flexibility index (Phi) is 4.42. The summed E-state index contributed by atoms with van der Waals surface area (Å²) >= 11 is 1.50. The molecule has 0 unspecified atom stereocenters. The summed E-state index contributed by atoms with van der Waals surface area (Å²) in [6, 6.07) is -0.260. The van der Waals surface area contributed by atoms with Crippen LogP contribution in [-0.2, 0) is 16.0 Å². The van der Waals surface area contributed by atoms with Crippen LogP contribution in [0.3, 0.4) is 0 Å². The van der Waals surface area contributed by atoms with Crippen molar-refractivity contribution in [1.29, 1.82) is 0 Å². The highest BCUT2D eigenvalue weighted by Gasteiger charge is 2.30. The summed E-state index contributed by atoms with van der Waals surface area (Å²) in [5.41, 5.74) is 0.885. The van der Waals surface area contributed by atoms with Gasteiger partial charge in [-0.25, -0.2) is 4.98 Å². The van der Waals surface area contributed by atoms with Gasteiger partial charge in [0.25, 0.3) is 0 Å². The fraction of sp³-hybridized carbons (Fsp3) is 0.533. The number of fused-ring (bicyclic) bond motifs is 1. The quantitative estimate of drug-likeness (QED) is 0.845. The zero-order valence-corrected chi connectivity index (χ0v) is 13.0. The second kappa shape index (κ2) is 6.48. The summed E-state index contributed by atoms with van der Waals surface area (Å²) in [5.74, 6) is -1.39. The Morgan fingerprint density at radius 3 is 3.00 bits per heavy atom. The molecule has 2 N–H and O–H groups in total. The molecule has 2 heterocycles. The average Bonchev–Trinajstić information content (AvgIpc) is 2.99.